The Bertz CT molecular complexity index is 482. The van der Waals surface area contributed by atoms with Crippen LogP contribution in [0.5, 0.6) is 0 Å². The number of hydrogen-bond donors (Lipinski definition) is 2. The van der Waals surface area contributed by atoms with E-state index in [1.807, 2.05) is 0 Å². The van der Waals surface area contributed by atoms with Crippen LogP contribution < -0.4 is 11.0 Å². The lowest BCUT2D eigenvalue weighted by Gasteiger charge is -2.32. The highest BCUT2D eigenvalue weighted by Crippen LogP contribution is 2.18. The molecule has 7 nitrogen and oxygen atoms in total. The molecule has 1 rings (SSSR count). The first-order valence-corrected chi connectivity index (χ1v) is 5.52. The highest BCUT2D eigenvalue weighted by atomic mass is 16.8. The van der Waals surface area contributed by atoms with E-state index in [4.69, 9.17) is 10.9 Å². The molecule has 0 saturated carbocycles. The van der Waals surface area contributed by atoms with Gasteiger partial charge in [-0.15, -0.1) is 0 Å². The summed E-state index contributed by atoms with van der Waals surface area (Å²) in [4.78, 5) is 24.7. The van der Waals surface area contributed by atoms with Crippen molar-refractivity contribution in [3.8, 4) is 0 Å². The van der Waals surface area contributed by atoms with Gasteiger partial charge in [0, 0.05) is 12.6 Å². The van der Waals surface area contributed by atoms with Crippen LogP contribution in [0.2, 0.25) is 0 Å². The molecule has 1 aromatic carbocycles. The molecule has 0 aliphatic carbocycles. The lowest BCUT2D eigenvalue weighted by atomic mass is 10.0. The molecular weight excluding hydrogens is 250 g/mol. The molecule has 2 amide bonds. The number of rotatable bonds is 4. The van der Waals surface area contributed by atoms with Crippen molar-refractivity contribution in [3.63, 3.8) is 0 Å². The van der Waals surface area contributed by atoms with E-state index in [1.165, 1.54) is 50.1 Å². The highest BCUT2D eigenvalue weighted by Gasteiger charge is 2.33. The van der Waals surface area contributed by atoms with E-state index >= 15 is 0 Å². The summed E-state index contributed by atoms with van der Waals surface area (Å²) < 4.78 is 0. The topological polar surface area (TPSA) is 110 Å². The zero-order valence-electron chi connectivity index (χ0n) is 11.0. The first-order chi connectivity index (χ1) is 8.67. The van der Waals surface area contributed by atoms with E-state index in [2.05, 4.69) is 0 Å². The summed E-state index contributed by atoms with van der Waals surface area (Å²) in [6.07, 6.45) is 0. The average molecular weight is 266 g/mol. The van der Waals surface area contributed by atoms with Crippen LogP contribution in [-0.2, 0) is 4.79 Å². The van der Waals surface area contributed by atoms with Crippen LogP contribution in [-0.4, -0.2) is 34.5 Å². The van der Waals surface area contributed by atoms with Gasteiger partial charge in [-0.1, -0.05) is 0 Å². The maximum atomic E-state index is 12.1. The van der Waals surface area contributed by atoms with E-state index in [1.54, 1.807) is 0 Å². The van der Waals surface area contributed by atoms with E-state index in [0.29, 0.717) is 0 Å². The van der Waals surface area contributed by atoms with Gasteiger partial charge in [0.05, 0.1) is 5.69 Å². The van der Waals surface area contributed by atoms with E-state index in [0.717, 1.165) is 0 Å². The Balaban J connectivity index is 2.98. The van der Waals surface area contributed by atoms with Crippen LogP contribution in [0.3, 0.4) is 0 Å². The van der Waals surface area contributed by atoms with Gasteiger partial charge in [-0.25, -0.2) is 0 Å². The van der Waals surface area contributed by atoms with E-state index in [-0.39, 0.29) is 16.5 Å². The molecule has 0 aliphatic heterocycles. The summed E-state index contributed by atoms with van der Waals surface area (Å²) in [5.41, 5.74) is 4.40. The van der Waals surface area contributed by atoms with Crippen LogP contribution in [0.1, 0.15) is 24.2 Å². The Morgan fingerprint density at radius 3 is 2.11 bits per heavy atom. The number of hydrogen-bond acceptors (Lipinski definition) is 5. The zero-order valence-corrected chi connectivity index (χ0v) is 11.0. The van der Waals surface area contributed by atoms with Crippen LogP contribution in [0, 0.1) is 5.21 Å². The molecule has 0 atom stereocenters. The van der Waals surface area contributed by atoms with Crippen molar-refractivity contribution < 1.29 is 14.8 Å². The minimum atomic E-state index is -1.13. The standard InChI is InChI=1S/C12H16N3O4/c1-12(2,11(13)17)14(3)10(16)8-4-6-9(7-5-8)15(18)19/h4-7,18H,1-3H3,(H2,13,17)/q-1. The number of carbonyl (C=O) groups excluding carboxylic acids is 2. The van der Waals surface area contributed by atoms with Gasteiger partial charge in [0.2, 0.25) is 5.91 Å². The summed E-state index contributed by atoms with van der Waals surface area (Å²) in [6.45, 7) is 3.07. The smallest absolute Gasteiger partial charge is 0.254 e. The minimum Gasteiger partial charge on any atom is -0.733 e. The van der Waals surface area contributed by atoms with Crippen molar-refractivity contribution in [1.82, 2.24) is 4.90 Å². The third-order valence-corrected chi connectivity index (χ3v) is 3.08. The number of benzene rings is 1. The van der Waals surface area contributed by atoms with Crippen molar-refractivity contribution in [3.05, 3.63) is 35.0 Å². The van der Waals surface area contributed by atoms with Crippen molar-refractivity contribution >= 4 is 17.5 Å². The lowest BCUT2D eigenvalue weighted by molar-refractivity contribution is -0.126. The van der Waals surface area contributed by atoms with Gasteiger partial charge in [-0.05, 0) is 38.1 Å². The third kappa shape index (κ3) is 3.01. The zero-order chi connectivity index (χ0) is 14.8. The molecule has 0 heterocycles. The van der Waals surface area contributed by atoms with Gasteiger partial charge in [0.25, 0.3) is 5.91 Å². The van der Waals surface area contributed by atoms with Crippen LogP contribution in [0.25, 0.3) is 0 Å². The fourth-order valence-corrected chi connectivity index (χ4v) is 1.34. The SMILES string of the molecule is CN(C(=O)c1ccc(N([O-])O)cc1)C(C)(C)C(N)=O. The predicted molar refractivity (Wildman–Crippen MR) is 69.4 cm³/mol. The second-order valence-electron chi connectivity index (χ2n) is 4.61. The van der Waals surface area contributed by atoms with Gasteiger partial charge in [0.1, 0.15) is 5.54 Å². The molecule has 0 fully saturated rings. The van der Waals surface area contributed by atoms with Gasteiger partial charge in [-0.3, -0.25) is 14.8 Å². The van der Waals surface area contributed by atoms with Gasteiger partial charge in [0.15, 0.2) is 0 Å². The molecule has 0 unspecified atom stereocenters. The van der Waals surface area contributed by atoms with Crippen molar-refractivity contribution in [2.75, 3.05) is 12.3 Å². The lowest BCUT2D eigenvalue weighted by Crippen LogP contribution is -2.53. The van der Waals surface area contributed by atoms with Crippen molar-refractivity contribution in [2.45, 2.75) is 19.4 Å². The first kappa shape index (κ1) is 14.9. The van der Waals surface area contributed by atoms with E-state index < -0.39 is 17.4 Å². The molecule has 3 N–H and O–H groups in total. The molecule has 0 bridgehead atoms. The molecule has 104 valence electrons. The second kappa shape index (κ2) is 5.25. The summed E-state index contributed by atoms with van der Waals surface area (Å²) >= 11 is 0. The monoisotopic (exact) mass is 266 g/mol. The number of likely N-dealkylation sites (N-methyl/N-ethyl adjacent to an activating group) is 1. The Labute approximate surface area is 110 Å². The van der Waals surface area contributed by atoms with Crippen LogP contribution in [0.15, 0.2) is 24.3 Å². The van der Waals surface area contributed by atoms with Gasteiger partial charge >= 0.3 is 0 Å². The summed E-state index contributed by atoms with van der Waals surface area (Å²) in [6, 6.07) is 5.36. The molecule has 1 aromatic rings. The maximum Gasteiger partial charge on any atom is 0.254 e. The number of primary amides is 1. The second-order valence-corrected chi connectivity index (χ2v) is 4.61. The third-order valence-electron chi connectivity index (χ3n) is 3.08. The fourth-order valence-electron chi connectivity index (χ4n) is 1.34. The maximum absolute atomic E-state index is 12.1. The van der Waals surface area contributed by atoms with Crippen LogP contribution in [0.4, 0.5) is 5.69 Å². The van der Waals surface area contributed by atoms with Crippen LogP contribution >= 0.6 is 0 Å². The minimum absolute atomic E-state index is 0.00774. The van der Waals surface area contributed by atoms with Crippen molar-refractivity contribution in [1.29, 1.82) is 0 Å². The molecule has 0 saturated heterocycles. The Hall–Kier alpha value is -2.12. The summed E-state index contributed by atoms with van der Waals surface area (Å²) in [5, 5.41) is 19.0. The van der Waals surface area contributed by atoms with E-state index in [9.17, 15) is 14.8 Å². The molecule has 7 heteroatoms. The molecule has 0 aliphatic rings. The number of anilines is 1. The first-order valence-electron chi connectivity index (χ1n) is 5.52. The largest absolute Gasteiger partial charge is 0.733 e. The number of carbonyl (C=O) groups is 2. The predicted octanol–water partition coefficient (Wildman–Crippen LogP) is 0.716. The molecular formula is C12H16N3O4-. The highest BCUT2D eigenvalue weighted by molar-refractivity contribution is 5.98. The van der Waals surface area contributed by atoms with Gasteiger partial charge in [-0.2, -0.15) is 0 Å². The quantitative estimate of drug-likeness (QED) is 0.780. The molecule has 0 radical (unpaired) electrons. The van der Waals surface area contributed by atoms with Gasteiger partial charge < -0.3 is 21.1 Å². The average Bonchev–Trinajstić information content (AvgIpc) is 2.36. The fraction of sp³-hybridized carbons (Fsp3) is 0.333. The molecule has 0 aromatic heterocycles. The molecule has 0 spiro atoms. The summed E-state index contributed by atoms with van der Waals surface area (Å²) in [7, 11) is 1.47. The normalized spacial score (nSPS) is 11.0. The number of amides is 2. The molecule has 19 heavy (non-hydrogen) atoms. The number of nitrogens with two attached hydrogens (primary N) is 1. The number of nitrogens with zero attached hydrogens (tertiary/aromatic N) is 2. The Morgan fingerprint density at radius 2 is 1.74 bits per heavy atom. The van der Waals surface area contributed by atoms with Crippen molar-refractivity contribution in [2.24, 2.45) is 5.73 Å². The Kier molecular flexibility index (Phi) is 4.13. The Morgan fingerprint density at radius 1 is 1.26 bits per heavy atom. The summed E-state index contributed by atoms with van der Waals surface area (Å²) in [5.74, 6) is -1.04.